The number of hydrogen-bond donors (Lipinski definition) is 2. The lowest BCUT2D eigenvalue weighted by Crippen LogP contribution is -2.56. The van der Waals surface area contributed by atoms with Crippen LogP contribution in [0.25, 0.3) is 0 Å². The molecule has 5 nitrogen and oxygen atoms in total. The smallest absolute Gasteiger partial charge is 0.317 e. The van der Waals surface area contributed by atoms with Gasteiger partial charge in [0.25, 0.3) is 0 Å². The first-order chi connectivity index (χ1) is 9.88. The van der Waals surface area contributed by atoms with Crippen molar-refractivity contribution in [1.82, 2.24) is 15.1 Å². The Morgan fingerprint density at radius 1 is 1.24 bits per heavy atom. The Balaban J connectivity index is 1.81. The highest BCUT2D eigenvalue weighted by Gasteiger charge is 2.31. The van der Waals surface area contributed by atoms with Crippen LogP contribution >= 0.6 is 0 Å². The molecule has 5 heteroatoms. The molecule has 122 valence electrons. The summed E-state index contributed by atoms with van der Waals surface area (Å²) in [5, 5.41) is 12.7. The molecule has 2 heterocycles. The van der Waals surface area contributed by atoms with Gasteiger partial charge in [-0.2, -0.15) is 0 Å². The summed E-state index contributed by atoms with van der Waals surface area (Å²) in [6.45, 7) is 10.8. The van der Waals surface area contributed by atoms with Crippen LogP contribution < -0.4 is 5.32 Å². The van der Waals surface area contributed by atoms with E-state index >= 15 is 0 Å². The summed E-state index contributed by atoms with van der Waals surface area (Å²) in [6.07, 6.45) is 3.89. The summed E-state index contributed by atoms with van der Waals surface area (Å²) in [6, 6.07) is -0.0353. The van der Waals surface area contributed by atoms with E-state index in [0.717, 1.165) is 38.4 Å². The molecule has 0 aromatic carbocycles. The van der Waals surface area contributed by atoms with Crippen molar-refractivity contribution >= 4 is 6.03 Å². The van der Waals surface area contributed by atoms with Gasteiger partial charge >= 0.3 is 6.03 Å². The molecule has 0 saturated carbocycles. The van der Waals surface area contributed by atoms with E-state index in [-0.39, 0.29) is 17.7 Å². The van der Waals surface area contributed by atoms with Crippen molar-refractivity contribution in [3.05, 3.63) is 0 Å². The predicted octanol–water partition coefficient (Wildman–Crippen LogP) is 1.66. The van der Waals surface area contributed by atoms with Crippen LogP contribution in [0.3, 0.4) is 0 Å². The van der Waals surface area contributed by atoms with Crippen LogP contribution in [0.4, 0.5) is 4.79 Å². The number of hydrogen-bond acceptors (Lipinski definition) is 3. The van der Waals surface area contributed by atoms with Crippen molar-refractivity contribution in [3.63, 3.8) is 0 Å². The van der Waals surface area contributed by atoms with Crippen molar-refractivity contribution in [3.8, 4) is 0 Å². The Hall–Kier alpha value is -0.810. The second-order valence-electron chi connectivity index (χ2n) is 7.41. The number of aliphatic hydroxyl groups is 1. The fraction of sp³-hybridized carbons (Fsp3) is 0.938. The van der Waals surface area contributed by atoms with E-state index in [1.165, 1.54) is 12.8 Å². The van der Waals surface area contributed by atoms with E-state index in [1.807, 2.05) is 0 Å². The van der Waals surface area contributed by atoms with Crippen molar-refractivity contribution < 1.29 is 9.90 Å². The Morgan fingerprint density at radius 2 is 1.95 bits per heavy atom. The number of likely N-dealkylation sites (tertiary alicyclic amines) is 2. The summed E-state index contributed by atoms with van der Waals surface area (Å²) >= 11 is 0. The SMILES string of the molecule is CC1CCCN(C(C)(C)CNC(=O)N2CCCC(O)C2)C1. The second kappa shape index (κ2) is 6.97. The molecule has 2 unspecified atom stereocenters. The first-order valence-electron chi connectivity index (χ1n) is 8.34. The molecule has 0 bridgehead atoms. The van der Waals surface area contributed by atoms with E-state index in [1.54, 1.807) is 4.90 Å². The molecule has 21 heavy (non-hydrogen) atoms. The van der Waals surface area contributed by atoms with Crippen LogP contribution in [0.2, 0.25) is 0 Å². The third-order valence-electron chi connectivity index (χ3n) is 4.87. The van der Waals surface area contributed by atoms with Gasteiger partial charge < -0.3 is 15.3 Å². The Morgan fingerprint density at radius 3 is 2.62 bits per heavy atom. The molecule has 0 spiro atoms. The lowest BCUT2D eigenvalue weighted by atomic mass is 9.93. The monoisotopic (exact) mass is 297 g/mol. The fourth-order valence-electron chi connectivity index (χ4n) is 3.39. The zero-order chi connectivity index (χ0) is 15.5. The van der Waals surface area contributed by atoms with E-state index < -0.39 is 0 Å². The normalized spacial score (nSPS) is 28.5. The molecule has 2 saturated heterocycles. The minimum Gasteiger partial charge on any atom is -0.391 e. The van der Waals surface area contributed by atoms with Gasteiger partial charge in [0, 0.05) is 31.7 Å². The second-order valence-corrected chi connectivity index (χ2v) is 7.41. The maximum Gasteiger partial charge on any atom is 0.317 e. The highest BCUT2D eigenvalue weighted by molar-refractivity contribution is 5.74. The average Bonchev–Trinajstić information content (AvgIpc) is 2.45. The predicted molar refractivity (Wildman–Crippen MR) is 84.3 cm³/mol. The molecule has 0 radical (unpaired) electrons. The quantitative estimate of drug-likeness (QED) is 0.833. The number of carbonyl (C=O) groups is 1. The highest BCUT2D eigenvalue weighted by atomic mass is 16.3. The largest absolute Gasteiger partial charge is 0.391 e. The Kier molecular flexibility index (Phi) is 5.49. The van der Waals surface area contributed by atoms with Crippen LogP contribution in [-0.4, -0.2) is 65.3 Å². The molecule has 2 rings (SSSR count). The number of nitrogens with zero attached hydrogens (tertiary/aromatic N) is 2. The highest BCUT2D eigenvalue weighted by Crippen LogP contribution is 2.23. The van der Waals surface area contributed by atoms with Crippen LogP contribution in [0.15, 0.2) is 0 Å². The van der Waals surface area contributed by atoms with Crippen LogP contribution in [-0.2, 0) is 0 Å². The van der Waals surface area contributed by atoms with Crippen LogP contribution in [0.5, 0.6) is 0 Å². The Bertz CT molecular complexity index is 359. The molecule has 2 aliphatic heterocycles. The van der Waals surface area contributed by atoms with Gasteiger partial charge in [-0.25, -0.2) is 4.79 Å². The van der Waals surface area contributed by atoms with Crippen molar-refractivity contribution in [2.75, 3.05) is 32.7 Å². The number of aliphatic hydroxyl groups excluding tert-OH is 1. The van der Waals surface area contributed by atoms with Gasteiger partial charge in [-0.1, -0.05) is 6.92 Å². The lowest BCUT2D eigenvalue weighted by molar-refractivity contribution is 0.0650. The summed E-state index contributed by atoms with van der Waals surface area (Å²) in [4.78, 5) is 16.5. The molecule has 2 amide bonds. The van der Waals surface area contributed by atoms with Crippen LogP contribution in [0, 0.1) is 5.92 Å². The minimum atomic E-state index is -0.361. The average molecular weight is 297 g/mol. The standard InChI is InChI=1S/C16H31N3O2/c1-13-6-4-9-19(10-13)16(2,3)12-17-15(21)18-8-5-7-14(20)11-18/h13-14,20H,4-12H2,1-3H3,(H,17,21). The van der Waals surface area contributed by atoms with E-state index in [0.29, 0.717) is 13.1 Å². The first kappa shape index (κ1) is 16.6. The van der Waals surface area contributed by atoms with Crippen molar-refractivity contribution in [1.29, 1.82) is 0 Å². The minimum absolute atomic E-state index is 0.0151. The summed E-state index contributed by atoms with van der Waals surface area (Å²) in [5.74, 6) is 0.742. The lowest BCUT2D eigenvalue weighted by Gasteiger charge is -2.43. The van der Waals surface area contributed by atoms with Gasteiger partial charge in [0.1, 0.15) is 0 Å². The number of amides is 2. The molecule has 2 fully saturated rings. The zero-order valence-corrected chi connectivity index (χ0v) is 13.8. The molecule has 0 aromatic heterocycles. The van der Waals surface area contributed by atoms with Crippen molar-refractivity contribution in [2.24, 2.45) is 5.92 Å². The van der Waals surface area contributed by atoms with Gasteiger partial charge in [0.15, 0.2) is 0 Å². The first-order valence-corrected chi connectivity index (χ1v) is 8.34. The number of nitrogens with one attached hydrogen (secondary N) is 1. The molecule has 0 aliphatic carbocycles. The molecular formula is C16H31N3O2. The Labute approximate surface area is 128 Å². The number of piperidine rings is 2. The molecule has 2 aliphatic rings. The third-order valence-corrected chi connectivity index (χ3v) is 4.87. The van der Waals surface area contributed by atoms with E-state index in [2.05, 4.69) is 31.0 Å². The summed E-state index contributed by atoms with van der Waals surface area (Å²) in [5.41, 5.74) is -0.0151. The number of urea groups is 1. The maximum atomic E-state index is 12.2. The number of rotatable bonds is 3. The molecule has 2 atom stereocenters. The van der Waals surface area contributed by atoms with E-state index in [9.17, 15) is 9.90 Å². The topological polar surface area (TPSA) is 55.8 Å². The van der Waals surface area contributed by atoms with Crippen molar-refractivity contribution in [2.45, 2.75) is 58.1 Å². The molecular weight excluding hydrogens is 266 g/mol. The van der Waals surface area contributed by atoms with E-state index in [4.69, 9.17) is 0 Å². The molecule has 2 N–H and O–H groups in total. The zero-order valence-electron chi connectivity index (χ0n) is 13.8. The fourth-order valence-corrected chi connectivity index (χ4v) is 3.39. The van der Waals surface area contributed by atoms with Gasteiger partial charge in [0.05, 0.1) is 6.10 Å². The number of carbonyl (C=O) groups excluding carboxylic acids is 1. The summed E-state index contributed by atoms with van der Waals surface area (Å²) < 4.78 is 0. The van der Waals surface area contributed by atoms with Gasteiger partial charge in [-0.3, -0.25) is 4.90 Å². The third kappa shape index (κ3) is 4.58. The maximum absolute atomic E-state index is 12.2. The molecule has 0 aromatic rings. The van der Waals surface area contributed by atoms with Gasteiger partial charge in [-0.05, 0) is 52.0 Å². The van der Waals surface area contributed by atoms with Crippen LogP contribution in [0.1, 0.15) is 46.5 Å². The van der Waals surface area contributed by atoms with Gasteiger partial charge in [0.2, 0.25) is 0 Å². The summed E-state index contributed by atoms with van der Waals surface area (Å²) in [7, 11) is 0. The van der Waals surface area contributed by atoms with Gasteiger partial charge in [-0.15, -0.1) is 0 Å². The number of β-amino-alcohol motifs (C(OH)–C–C–N with tert-alkyl or cyclic N) is 1.